The SMILES string of the molecule is NS(=O)(=O)c1cc(Cl)c(Cl)cc1Cl.NS(=O)(=O)c1cccc(NS(=O)(=O)O)c1. The van der Waals surface area contributed by atoms with Gasteiger partial charge in [0.1, 0.15) is 4.90 Å². The van der Waals surface area contributed by atoms with E-state index in [2.05, 4.69) is 0 Å². The highest BCUT2D eigenvalue weighted by Gasteiger charge is 2.15. The lowest BCUT2D eigenvalue weighted by Gasteiger charge is -2.03. The van der Waals surface area contributed by atoms with Gasteiger partial charge in [-0.3, -0.25) is 9.27 Å². The minimum absolute atomic E-state index is 0.0445. The van der Waals surface area contributed by atoms with E-state index < -0.39 is 30.4 Å². The summed E-state index contributed by atoms with van der Waals surface area (Å²) < 4.78 is 74.6. The second-order valence-corrected chi connectivity index (χ2v) is 10.4. The molecule has 6 N–H and O–H groups in total. The molecule has 2 aromatic carbocycles. The van der Waals surface area contributed by atoms with E-state index in [9.17, 15) is 25.3 Å². The van der Waals surface area contributed by atoms with E-state index in [1.165, 1.54) is 24.3 Å². The van der Waals surface area contributed by atoms with Crippen molar-refractivity contribution < 1.29 is 29.8 Å². The molecule has 0 aliphatic rings. The number of nitrogens with two attached hydrogens (primary N) is 2. The highest BCUT2D eigenvalue weighted by atomic mass is 35.5. The first kappa shape index (κ1) is 24.9. The number of halogens is 3. The second kappa shape index (κ2) is 9.11. The summed E-state index contributed by atoms with van der Waals surface area (Å²) in [6.45, 7) is 0. The summed E-state index contributed by atoms with van der Waals surface area (Å²) in [5.41, 5.74) is -0.0935. The molecule has 2 aromatic rings. The van der Waals surface area contributed by atoms with E-state index in [1.807, 2.05) is 0 Å². The molecule has 2 rings (SSSR count). The number of hydrogen-bond donors (Lipinski definition) is 4. The number of sulfonamides is 2. The van der Waals surface area contributed by atoms with Gasteiger partial charge in [-0.05, 0) is 30.3 Å². The first-order chi connectivity index (χ1) is 12.5. The fraction of sp³-hybridized carbons (Fsp3) is 0. The van der Waals surface area contributed by atoms with Crippen molar-refractivity contribution in [2.24, 2.45) is 10.3 Å². The average molecular weight is 513 g/mol. The molecule has 10 nitrogen and oxygen atoms in total. The van der Waals surface area contributed by atoms with Gasteiger partial charge in [-0.2, -0.15) is 8.42 Å². The fourth-order valence-electron chi connectivity index (χ4n) is 1.61. The van der Waals surface area contributed by atoms with Gasteiger partial charge in [0.05, 0.1) is 25.7 Å². The number of primary sulfonamides is 2. The van der Waals surface area contributed by atoms with Crippen molar-refractivity contribution in [1.82, 2.24) is 0 Å². The summed E-state index contributed by atoms with van der Waals surface area (Å²) in [7, 11) is -12.2. The van der Waals surface area contributed by atoms with Crippen molar-refractivity contribution in [3.05, 3.63) is 51.5 Å². The van der Waals surface area contributed by atoms with Crippen LogP contribution < -0.4 is 15.0 Å². The number of benzene rings is 2. The van der Waals surface area contributed by atoms with Crippen molar-refractivity contribution in [2.75, 3.05) is 4.72 Å². The summed E-state index contributed by atoms with van der Waals surface area (Å²) in [6.07, 6.45) is 0. The van der Waals surface area contributed by atoms with Gasteiger partial charge in [-0.1, -0.05) is 40.9 Å². The van der Waals surface area contributed by atoms with Crippen LogP contribution in [0.1, 0.15) is 0 Å². The lowest BCUT2D eigenvalue weighted by Crippen LogP contribution is -2.14. The smallest absolute Gasteiger partial charge is 0.269 e. The summed E-state index contributed by atoms with van der Waals surface area (Å²) in [6, 6.07) is 7.08. The van der Waals surface area contributed by atoms with E-state index in [0.717, 1.165) is 12.1 Å². The van der Waals surface area contributed by atoms with E-state index >= 15 is 0 Å². The van der Waals surface area contributed by atoms with Crippen LogP contribution in [0, 0.1) is 0 Å². The van der Waals surface area contributed by atoms with Crippen LogP contribution in [0.15, 0.2) is 46.2 Å². The van der Waals surface area contributed by atoms with E-state index in [-0.39, 0.29) is 30.5 Å². The van der Waals surface area contributed by atoms with E-state index in [4.69, 9.17) is 49.6 Å². The normalized spacial score (nSPS) is 12.1. The Morgan fingerprint density at radius 3 is 1.79 bits per heavy atom. The second-order valence-electron chi connectivity index (χ2n) is 4.89. The Morgan fingerprint density at radius 1 is 0.786 bits per heavy atom. The molecule has 156 valence electrons. The Balaban J connectivity index is 0.000000283. The summed E-state index contributed by atoms with van der Waals surface area (Å²) >= 11 is 16.7. The molecule has 0 amide bonds. The van der Waals surface area contributed by atoms with Gasteiger partial charge in [-0.15, -0.1) is 0 Å². The van der Waals surface area contributed by atoms with Crippen LogP contribution in [-0.2, 0) is 30.4 Å². The molecule has 28 heavy (non-hydrogen) atoms. The van der Waals surface area contributed by atoms with Crippen molar-refractivity contribution in [2.45, 2.75) is 9.79 Å². The van der Waals surface area contributed by atoms with E-state index in [1.54, 1.807) is 4.72 Å². The van der Waals surface area contributed by atoms with Crippen molar-refractivity contribution >= 4 is 70.8 Å². The van der Waals surface area contributed by atoms with Crippen LogP contribution in [0.4, 0.5) is 5.69 Å². The number of nitrogens with one attached hydrogen (secondary N) is 1. The van der Waals surface area contributed by atoms with Crippen LogP contribution in [0.3, 0.4) is 0 Å². The molecular weight excluding hydrogens is 501 g/mol. The van der Waals surface area contributed by atoms with Gasteiger partial charge in [-0.25, -0.2) is 27.1 Å². The Bertz CT molecular complexity index is 1200. The van der Waals surface area contributed by atoms with Gasteiger partial charge < -0.3 is 0 Å². The molecule has 0 aliphatic heterocycles. The lowest BCUT2D eigenvalue weighted by atomic mass is 10.3. The van der Waals surface area contributed by atoms with Gasteiger partial charge in [0.25, 0.3) is 0 Å². The molecule has 0 aliphatic carbocycles. The lowest BCUT2D eigenvalue weighted by molar-refractivity contribution is 0.489. The minimum Gasteiger partial charge on any atom is -0.269 e. The van der Waals surface area contributed by atoms with Crippen molar-refractivity contribution in [3.63, 3.8) is 0 Å². The van der Waals surface area contributed by atoms with Crippen LogP contribution in [0.25, 0.3) is 0 Å². The van der Waals surface area contributed by atoms with E-state index in [0.29, 0.717) is 0 Å². The van der Waals surface area contributed by atoms with Gasteiger partial charge in [0.15, 0.2) is 0 Å². The quantitative estimate of drug-likeness (QED) is 0.355. The third kappa shape index (κ3) is 8.06. The summed E-state index contributed by atoms with van der Waals surface area (Å²) in [5.74, 6) is 0. The largest absolute Gasteiger partial charge is 0.357 e. The maximum atomic E-state index is 10.9. The summed E-state index contributed by atoms with van der Waals surface area (Å²) in [5, 5.41) is 9.91. The van der Waals surface area contributed by atoms with Gasteiger partial charge in [0, 0.05) is 0 Å². The predicted octanol–water partition coefficient (Wildman–Crippen LogP) is 1.84. The molecule has 0 unspecified atom stereocenters. The molecule has 0 fully saturated rings. The summed E-state index contributed by atoms with van der Waals surface area (Å²) in [4.78, 5) is -0.486. The monoisotopic (exact) mass is 511 g/mol. The molecule has 0 spiro atoms. The predicted molar refractivity (Wildman–Crippen MR) is 106 cm³/mol. The fourth-order valence-corrected chi connectivity index (χ4v) is 4.14. The highest BCUT2D eigenvalue weighted by molar-refractivity contribution is 7.89. The van der Waals surface area contributed by atoms with Crippen LogP contribution >= 0.6 is 34.8 Å². The third-order valence-electron chi connectivity index (χ3n) is 2.69. The van der Waals surface area contributed by atoms with Crippen LogP contribution in [0.2, 0.25) is 15.1 Å². The molecule has 0 saturated heterocycles. The molecule has 0 atom stereocenters. The van der Waals surface area contributed by atoms with Crippen LogP contribution in [0.5, 0.6) is 0 Å². The minimum atomic E-state index is -4.43. The van der Waals surface area contributed by atoms with Crippen molar-refractivity contribution in [1.29, 1.82) is 0 Å². The first-order valence-electron chi connectivity index (χ1n) is 6.56. The number of anilines is 1. The van der Waals surface area contributed by atoms with Gasteiger partial charge in [0.2, 0.25) is 20.0 Å². The average Bonchev–Trinajstić information content (AvgIpc) is 2.48. The van der Waals surface area contributed by atoms with Crippen molar-refractivity contribution in [3.8, 4) is 0 Å². The topological polar surface area (TPSA) is 187 Å². The molecule has 0 aromatic heterocycles. The Kier molecular flexibility index (Phi) is 8.09. The maximum Gasteiger partial charge on any atom is 0.357 e. The zero-order valence-electron chi connectivity index (χ0n) is 13.4. The Labute approximate surface area is 176 Å². The Morgan fingerprint density at radius 2 is 1.32 bits per heavy atom. The zero-order valence-corrected chi connectivity index (χ0v) is 18.1. The maximum absolute atomic E-state index is 10.9. The third-order valence-corrected chi connectivity index (χ3v) is 6.19. The number of hydrogen-bond acceptors (Lipinski definition) is 6. The molecule has 0 heterocycles. The molecule has 0 saturated carbocycles. The number of rotatable bonds is 4. The first-order valence-corrected chi connectivity index (χ1v) is 12.2. The molecular formula is C12H12Cl3N3O7S3. The molecule has 16 heteroatoms. The molecule has 0 radical (unpaired) electrons. The Hall–Kier alpha value is -1.16. The van der Waals surface area contributed by atoms with Gasteiger partial charge >= 0.3 is 10.3 Å². The van der Waals surface area contributed by atoms with Crippen LogP contribution in [-0.4, -0.2) is 29.8 Å². The highest BCUT2D eigenvalue weighted by Crippen LogP contribution is 2.30. The molecule has 0 bridgehead atoms. The standard InChI is InChI=1S/C6H4Cl3NO2S.C6H8N2O5S2/c7-3-1-5(9)6(2-4(3)8)13(10,11)12;7-14(9,10)6-3-1-2-5(4-6)8-15(11,12)13/h1-2H,(H2,10,11,12);1-4,8H,(H2,7,9,10)(H,11,12,13). The zero-order chi connectivity index (χ0) is 21.9.